The molecule has 1 fully saturated rings. The summed E-state index contributed by atoms with van der Waals surface area (Å²) >= 11 is 0. The summed E-state index contributed by atoms with van der Waals surface area (Å²) in [5.74, 6) is 1.53. The van der Waals surface area contributed by atoms with Crippen LogP contribution in [0, 0.1) is 0 Å². The Hall–Kier alpha value is -1.30. The molecular weight excluding hydrogens is 270 g/mol. The third-order valence-corrected chi connectivity index (χ3v) is 3.57. The highest BCUT2D eigenvalue weighted by atomic mass is 16.6. The van der Waals surface area contributed by atoms with E-state index in [1.807, 2.05) is 12.1 Å². The molecule has 0 bridgehead atoms. The molecule has 0 aromatic heterocycles. The second-order valence-electron chi connectivity index (χ2n) is 5.27. The Morgan fingerprint density at radius 3 is 2.71 bits per heavy atom. The average molecular weight is 295 g/mol. The van der Waals surface area contributed by atoms with Gasteiger partial charge in [-0.25, -0.2) is 0 Å². The lowest BCUT2D eigenvalue weighted by molar-refractivity contribution is -0.0869. The van der Waals surface area contributed by atoms with E-state index in [1.165, 1.54) is 5.56 Å². The van der Waals surface area contributed by atoms with Crippen LogP contribution >= 0.6 is 0 Å². The molecule has 2 atom stereocenters. The van der Waals surface area contributed by atoms with Crippen molar-refractivity contribution in [2.75, 3.05) is 40.6 Å². The van der Waals surface area contributed by atoms with Gasteiger partial charge in [-0.15, -0.1) is 0 Å². The highest BCUT2D eigenvalue weighted by Gasteiger charge is 2.15. The zero-order valence-electron chi connectivity index (χ0n) is 13.1. The van der Waals surface area contributed by atoms with E-state index in [4.69, 9.17) is 18.9 Å². The van der Waals surface area contributed by atoms with Gasteiger partial charge in [0, 0.05) is 12.6 Å². The average Bonchev–Trinajstić information content (AvgIpc) is 2.53. The van der Waals surface area contributed by atoms with E-state index in [1.54, 1.807) is 14.2 Å². The van der Waals surface area contributed by atoms with Crippen molar-refractivity contribution < 1.29 is 18.9 Å². The van der Waals surface area contributed by atoms with Crippen molar-refractivity contribution in [2.24, 2.45) is 0 Å². The molecule has 5 nitrogen and oxygen atoms in total. The molecule has 1 saturated heterocycles. The van der Waals surface area contributed by atoms with Crippen LogP contribution in [-0.4, -0.2) is 52.7 Å². The SMILES string of the molecule is COc1ccc(CC(C)NCC2COCCO2)cc1OC. The molecule has 0 amide bonds. The summed E-state index contributed by atoms with van der Waals surface area (Å²) in [7, 11) is 3.30. The van der Waals surface area contributed by atoms with Crippen LogP contribution in [0.5, 0.6) is 11.5 Å². The fourth-order valence-corrected chi connectivity index (χ4v) is 2.42. The maximum absolute atomic E-state index is 5.62. The second kappa shape index (κ2) is 8.22. The predicted octanol–water partition coefficient (Wildman–Crippen LogP) is 1.64. The van der Waals surface area contributed by atoms with Crippen LogP contribution in [0.4, 0.5) is 0 Å². The molecule has 0 saturated carbocycles. The molecule has 0 spiro atoms. The molecule has 1 heterocycles. The van der Waals surface area contributed by atoms with Gasteiger partial charge in [-0.3, -0.25) is 0 Å². The minimum absolute atomic E-state index is 0.159. The molecule has 2 rings (SSSR count). The molecule has 5 heteroatoms. The first-order valence-corrected chi connectivity index (χ1v) is 7.36. The Morgan fingerprint density at radius 1 is 1.24 bits per heavy atom. The van der Waals surface area contributed by atoms with E-state index in [-0.39, 0.29) is 6.10 Å². The van der Waals surface area contributed by atoms with Gasteiger partial charge in [-0.1, -0.05) is 6.07 Å². The van der Waals surface area contributed by atoms with E-state index in [0.717, 1.165) is 24.5 Å². The van der Waals surface area contributed by atoms with Crippen molar-refractivity contribution in [2.45, 2.75) is 25.5 Å². The van der Waals surface area contributed by atoms with Crippen LogP contribution in [0.15, 0.2) is 18.2 Å². The van der Waals surface area contributed by atoms with Gasteiger partial charge in [0.25, 0.3) is 0 Å². The minimum Gasteiger partial charge on any atom is -0.493 e. The molecule has 1 aromatic carbocycles. The van der Waals surface area contributed by atoms with Gasteiger partial charge in [-0.05, 0) is 31.0 Å². The van der Waals surface area contributed by atoms with Gasteiger partial charge in [0.2, 0.25) is 0 Å². The quantitative estimate of drug-likeness (QED) is 0.829. The van der Waals surface area contributed by atoms with Gasteiger partial charge in [0.05, 0.1) is 40.1 Å². The van der Waals surface area contributed by atoms with Crippen LogP contribution in [0.1, 0.15) is 12.5 Å². The zero-order chi connectivity index (χ0) is 15.1. The van der Waals surface area contributed by atoms with Crippen molar-refractivity contribution in [3.8, 4) is 11.5 Å². The van der Waals surface area contributed by atoms with E-state index in [0.29, 0.717) is 25.9 Å². The Labute approximate surface area is 126 Å². The van der Waals surface area contributed by atoms with E-state index in [9.17, 15) is 0 Å². The Morgan fingerprint density at radius 2 is 2.05 bits per heavy atom. The summed E-state index contributed by atoms with van der Waals surface area (Å²) in [6, 6.07) is 6.39. The van der Waals surface area contributed by atoms with Crippen LogP contribution < -0.4 is 14.8 Å². The monoisotopic (exact) mass is 295 g/mol. The van der Waals surface area contributed by atoms with Gasteiger partial charge in [-0.2, -0.15) is 0 Å². The standard InChI is InChI=1S/C16H25NO4/c1-12(17-10-14-11-20-6-7-21-14)8-13-4-5-15(18-2)16(9-13)19-3/h4-5,9,12,14,17H,6-8,10-11H2,1-3H3. The van der Waals surface area contributed by atoms with E-state index >= 15 is 0 Å². The molecule has 0 aliphatic carbocycles. The molecular formula is C16H25NO4. The Balaban J connectivity index is 1.82. The summed E-state index contributed by atoms with van der Waals surface area (Å²) in [6.45, 7) is 5.05. The molecule has 1 aliphatic heterocycles. The maximum atomic E-state index is 5.62. The molecule has 2 unspecified atom stereocenters. The van der Waals surface area contributed by atoms with Crippen molar-refractivity contribution in [3.05, 3.63) is 23.8 Å². The lowest BCUT2D eigenvalue weighted by atomic mass is 10.1. The van der Waals surface area contributed by atoms with Crippen molar-refractivity contribution in [1.82, 2.24) is 5.32 Å². The first-order chi connectivity index (χ1) is 10.2. The number of benzene rings is 1. The number of methoxy groups -OCH3 is 2. The van der Waals surface area contributed by atoms with Crippen molar-refractivity contribution >= 4 is 0 Å². The third kappa shape index (κ3) is 4.88. The van der Waals surface area contributed by atoms with Gasteiger partial charge in [0.15, 0.2) is 11.5 Å². The predicted molar refractivity (Wildman–Crippen MR) is 81.3 cm³/mol. The normalized spacial score (nSPS) is 20.0. The second-order valence-corrected chi connectivity index (χ2v) is 5.27. The first kappa shape index (κ1) is 16.1. The largest absolute Gasteiger partial charge is 0.493 e. The summed E-state index contributed by atoms with van der Waals surface area (Å²) in [5, 5.41) is 3.49. The summed E-state index contributed by atoms with van der Waals surface area (Å²) in [6.07, 6.45) is 1.08. The third-order valence-electron chi connectivity index (χ3n) is 3.57. The highest BCUT2D eigenvalue weighted by Crippen LogP contribution is 2.27. The first-order valence-electron chi connectivity index (χ1n) is 7.36. The minimum atomic E-state index is 0.159. The number of rotatable bonds is 7. The van der Waals surface area contributed by atoms with Crippen LogP contribution in [0.2, 0.25) is 0 Å². The maximum Gasteiger partial charge on any atom is 0.160 e. The van der Waals surface area contributed by atoms with Gasteiger partial charge >= 0.3 is 0 Å². The highest BCUT2D eigenvalue weighted by molar-refractivity contribution is 5.43. The fourth-order valence-electron chi connectivity index (χ4n) is 2.42. The van der Waals surface area contributed by atoms with Crippen LogP contribution in [0.25, 0.3) is 0 Å². The van der Waals surface area contributed by atoms with Crippen LogP contribution in [-0.2, 0) is 15.9 Å². The van der Waals surface area contributed by atoms with Gasteiger partial charge in [0.1, 0.15) is 0 Å². The van der Waals surface area contributed by atoms with E-state index in [2.05, 4.69) is 18.3 Å². The number of ether oxygens (including phenoxy) is 4. The zero-order valence-corrected chi connectivity index (χ0v) is 13.1. The lowest BCUT2D eigenvalue weighted by Crippen LogP contribution is -2.41. The topological polar surface area (TPSA) is 49.0 Å². The lowest BCUT2D eigenvalue weighted by Gasteiger charge is -2.25. The summed E-state index contributed by atoms with van der Waals surface area (Å²) < 4.78 is 21.6. The summed E-state index contributed by atoms with van der Waals surface area (Å²) in [4.78, 5) is 0. The molecule has 0 radical (unpaired) electrons. The molecule has 21 heavy (non-hydrogen) atoms. The fraction of sp³-hybridized carbons (Fsp3) is 0.625. The van der Waals surface area contributed by atoms with Crippen molar-refractivity contribution in [3.63, 3.8) is 0 Å². The number of nitrogens with one attached hydrogen (secondary N) is 1. The van der Waals surface area contributed by atoms with E-state index < -0.39 is 0 Å². The number of hydrogen-bond donors (Lipinski definition) is 1. The Kier molecular flexibility index (Phi) is 6.29. The van der Waals surface area contributed by atoms with Crippen molar-refractivity contribution in [1.29, 1.82) is 0 Å². The molecule has 1 aliphatic rings. The summed E-state index contributed by atoms with van der Waals surface area (Å²) in [5.41, 5.74) is 1.22. The Bertz CT molecular complexity index is 432. The number of hydrogen-bond acceptors (Lipinski definition) is 5. The smallest absolute Gasteiger partial charge is 0.160 e. The van der Waals surface area contributed by atoms with Gasteiger partial charge < -0.3 is 24.3 Å². The molecule has 118 valence electrons. The molecule has 1 N–H and O–H groups in total. The van der Waals surface area contributed by atoms with Crippen LogP contribution in [0.3, 0.4) is 0 Å². The molecule has 1 aromatic rings.